The largest absolute Gasteiger partial charge is 0.503 e. The van der Waals surface area contributed by atoms with Crippen LogP contribution in [0, 0.1) is 0 Å². The van der Waals surface area contributed by atoms with Gasteiger partial charge in [0, 0.05) is 27.9 Å². The molecule has 0 saturated heterocycles. The van der Waals surface area contributed by atoms with E-state index in [1.165, 1.54) is 17.5 Å². The van der Waals surface area contributed by atoms with Crippen LogP contribution in [0.4, 0.5) is 10.5 Å². The number of thiophene rings is 1. The number of nitrogens with one attached hydrogen (secondary N) is 2. The standard InChI is InChI=1S/C19H17ClN2O4S/c1-10(2)26-19(25)22-12-3-4-14(15(20)8-12)16-7-11(9-27-16)13-5-6-21-18(24)17(13)23/h3-10,23H,1-2H3,(H,21,24)(H,22,25). The Hall–Kier alpha value is -2.77. The summed E-state index contributed by atoms with van der Waals surface area (Å²) in [7, 11) is 0. The van der Waals surface area contributed by atoms with Gasteiger partial charge in [-0.3, -0.25) is 10.1 Å². The Bertz CT molecular complexity index is 1040. The summed E-state index contributed by atoms with van der Waals surface area (Å²) in [6, 6.07) is 8.65. The van der Waals surface area contributed by atoms with Crippen LogP contribution in [0.15, 0.2) is 46.7 Å². The van der Waals surface area contributed by atoms with Crippen molar-refractivity contribution < 1.29 is 14.6 Å². The maximum atomic E-state index is 11.7. The minimum Gasteiger partial charge on any atom is -0.503 e. The Kier molecular flexibility index (Phi) is 5.53. The predicted molar refractivity (Wildman–Crippen MR) is 108 cm³/mol. The van der Waals surface area contributed by atoms with Crippen molar-refractivity contribution in [1.82, 2.24) is 4.98 Å². The van der Waals surface area contributed by atoms with Crippen molar-refractivity contribution >= 4 is 34.7 Å². The smallest absolute Gasteiger partial charge is 0.411 e. The number of ether oxygens (including phenoxy) is 1. The van der Waals surface area contributed by atoms with Gasteiger partial charge in [-0.1, -0.05) is 11.6 Å². The number of rotatable bonds is 4. The number of aromatic amines is 1. The van der Waals surface area contributed by atoms with Crippen LogP contribution in [0.3, 0.4) is 0 Å². The minimum atomic E-state index is -0.544. The first-order valence-electron chi connectivity index (χ1n) is 8.12. The molecule has 0 aliphatic carbocycles. The Balaban J connectivity index is 1.85. The molecule has 6 nitrogen and oxygen atoms in total. The molecular formula is C19H17ClN2O4S. The predicted octanol–water partition coefficient (Wildman–Crippen LogP) is 5.09. The van der Waals surface area contributed by atoms with Gasteiger partial charge in [0.1, 0.15) is 0 Å². The first-order chi connectivity index (χ1) is 12.8. The summed E-state index contributed by atoms with van der Waals surface area (Å²) in [5.74, 6) is -0.323. The number of hydrogen-bond donors (Lipinski definition) is 3. The molecule has 0 aliphatic heterocycles. The molecule has 27 heavy (non-hydrogen) atoms. The zero-order valence-corrected chi connectivity index (χ0v) is 16.1. The normalized spacial score (nSPS) is 10.8. The quantitative estimate of drug-likeness (QED) is 0.565. The molecule has 0 bridgehead atoms. The summed E-state index contributed by atoms with van der Waals surface area (Å²) in [6.07, 6.45) is 0.723. The lowest BCUT2D eigenvalue weighted by Crippen LogP contribution is -2.17. The first kappa shape index (κ1) is 19.0. The van der Waals surface area contributed by atoms with Crippen molar-refractivity contribution in [3.63, 3.8) is 0 Å². The lowest BCUT2D eigenvalue weighted by Gasteiger charge is -2.10. The number of benzene rings is 1. The van der Waals surface area contributed by atoms with Crippen LogP contribution in [-0.4, -0.2) is 22.3 Å². The van der Waals surface area contributed by atoms with E-state index in [0.717, 1.165) is 16.0 Å². The molecular weight excluding hydrogens is 388 g/mol. The monoisotopic (exact) mass is 404 g/mol. The lowest BCUT2D eigenvalue weighted by atomic mass is 10.1. The highest BCUT2D eigenvalue weighted by molar-refractivity contribution is 7.14. The molecule has 0 aliphatic rings. The third kappa shape index (κ3) is 4.32. The van der Waals surface area contributed by atoms with Gasteiger partial charge in [0.05, 0.1) is 11.1 Å². The molecule has 0 atom stereocenters. The average Bonchev–Trinajstić information content (AvgIpc) is 3.06. The number of carbonyl (C=O) groups excluding carboxylic acids is 1. The number of H-pyrrole nitrogens is 1. The zero-order chi connectivity index (χ0) is 19.6. The molecule has 1 amide bonds. The van der Waals surface area contributed by atoms with Gasteiger partial charge in [-0.15, -0.1) is 11.3 Å². The zero-order valence-electron chi connectivity index (χ0n) is 14.6. The maximum Gasteiger partial charge on any atom is 0.411 e. The fraction of sp³-hybridized carbons (Fsp3) is 0.158. The Morgan fingerprint density at radius 1 is 1.26 bits per heavy atom. The van der Waals surface area contributed by atoms with E-state index in [-0.39, 0.29) is 11.9 Å². The van der Waals surface area contributed by atoms with Crippen molar-refractivity contribution in [1.29, 1.82) is 0 Å². The van der Waals surface area contributed by atoms with Crippen LogP contribution < -0.4 is 10.9 Å². The van der Waals surface area contributed by atoms with Gasteiger partial charge in [0.2, 0.25) is 0 Å². The van der Waals surface area contributed by atoms with Crippen molar-refractivity contribution in [2.24, 2.45) is 0 Å². The van der Waals surface area contributed by atoms with Crippen LogP contribution in [0.2, 0.25) is 5.02 Å². The number of amides is 1. The molecule has 2 heterocycles. The fourth-order valence-electron chi connectivity index (χ4n) is 2.48. The number of halogens is 1. The number of aromatic nitrogens is 1. The van der Waals surface area contributed by atoms with Gasteiger partial charge >= 0.3 is 6.09 Å². The highest BCUT2D eigenvalue weighted by atomic mass is 35.5. The molecule has 0 saturated carbocycles. The van der Waals surface area contributed by atoms with Gasteiger partial charge in [0.25, 0.3) is 5.56 Å². The molecule has 0 fully saturated rings. The summed E-state index contributed by atoms with van der Waals surface area (Å²) in [6.45, 7) is 3.53. The summed E-state index contributed by atoms with van der Waals surface area (Å²) in [5, 5.41) is 14.9. The van der Waals surface area contributed by atoms with Crippen LogP contribution in [-0.2, 0) is 4.74 Å². The van der Waals surface area contributed by atoms with E-state index >= 15 is 0 Å². The Morgan fingerprint density at radius 2 is 2.04 bits per heavy atom. The summed E-state index contributed by atoms with van der Waals surface area (Å²) in [5.41, 5.74) is 1.94. The molecule has 2 aromatic heterocycles. The molecule has 0 unspecified atom stereocenters. The van der Waals surface area contributed by atoms with Gasteiger partial charge in [-0.05, 0) is 55.1 Å². The van der Waals surface area contributed by atoms with E-state index in [1.54, 1.807) is 38.1 Å². The van der Waals surface area contributed by atoms with E-state index in [4.69, 9.17) is 16.3 Å². The second kappa shape index (κ2) is 7.85. The lowest BCUT2D eigenvalue weighted by molar-refractivity contribution is 0.130. The third-order valence-electron chi connectivity index (χ3n) is 3.67. The van der Waals surface area contributed by atoms with Gasteiger partial charge in [-0.2, -0.15) is 0 Å². The molecule has 0 spiro atoms. The van der Waals surface area contributed by atoms with Crippen LogP contribution in [0.5, 0.6) is 5.75 Å². The van der Waals surface area contributed by atoms with E-state index in [9.17, 15) is 14.7 Å². The van der Waals surface area contributed by atoms with Crippen molar-refractivity contribution in [3.05, 3.63) is 57.3 Å². The number of hydrogen-bond acceptors (Lipinski definition) is 5. The number of carbonyl (C=O) groups is 1. The second-order valence-electron chi connectivity index (χ2n) is 6.04. The fourth-order valence-corrected chi connectivity index (χ4v) is 3.76. The van der Waals surface area contributed by atoms with Crippen LogP contribution in [0.1, 0.15) is 13.8 Å². The van der Waals surface area contributed by atoms with Crippen molar-refractivity contribution in [2.75, 3.05) is 5.32 Å². The number of anilines is 1. The number of pyridine rings is 1. The topological polar surface area (TPSA) is 91.4 Å². The van der Waals surface area contributed by atoms with E-state index in [2.05, 4.69) is 10.3 Å². The maximum absolute atomic E-state index is 11.7. The van der Waals surface area contributed by atoms with Crippen LogP contribution in [0.25, 0.3) is 21.6 Å². The van der Waals surface area contributed by atoms with E-state index < -0.39 is 11.7 Å². The average molecular weight is 405 g/mol. The van der Waals surface area contributed by atoms with E-state index in [0.29, 0.717) is 16.3 Å². The summed E-state index contributed by atoms with van der Waals surface area (Å²) >= 11 is 7.81. The van der Waals surface area contributed by atoms with Crippen molar-refractivity contribution in [2.45, 2.75) is 20.0 Å². The highest BCUT2D eigenvalue weighted by Gasteiger charge is 2.13. The van der Waals surface area contributed by atoms with Gasteiger partial charge in [0.15, 0.2) is 5.75 Å². The Morgan fingerprint density at radius 3 is 2.74 bits per heavy atom. The van der Waals surface area contributed by atoms with E-state index in [1.807, 2.05) is 11.4 Å². The molecule has 3 aromatic rings. The summed E-state index contributed by atoms with van der Waals surface area (Å²) < 4.78 is 5.04. The highest BCUT2D eigenvalue weighted by Crippen LogP contribution is 2.38. The number of aromatic hydroxyl groups is 1. The first-order valence-corrected chi connectivity index (χ1v) is 9.38. The molecule has 3 N–H and O–H groups in total. The van der Waals surface area contributed by atoms with Gasteiger partial charge < -0.3 is 14.8 Å². The second-order valence-corrected chi connectivity index (χ2v) is 7.36. The molecule has 1 aromatic carbocycles. The van der Waals surface area contributed by atoms with Gasteiger partial charge in [-0.25, -0.2) is 4.79 Å². The third-order valence-corrected chi connectivity index (χ3v) is 4.94. The van der Waals surface area contributed by atoms with Crippen molar-refractivity contribution in [3.8, 4) is 27.3 Å². The minimum absolute atomic E-state index is 0.217. The van der Waals surface area contributed by atoms with Crippen LogP contribution >= 0.6 is 22.9 Å². The molecule has 8 heteroatoms. The molecule has 3 rings (SSSR count). The SMILES string of the molecule is CC(C)OC(=O)Nc1ccc(-c2cc(-c3cc[nH]c(=O)c3O)cs2)c(Cl)c1. The Labute approximate surface area is 164 Å². The molecule has 0 radical (unpaired) electrons. The molecule has 140 valence electrons. The summed E-state index contributed by atoms with van der Waals surface area (Å²) in [4.78, 5) is 26.5.